The Morgan fingerprint density at radius 1 is 1.17 bits per heavy atom. The van der Waals surface area contributed by atoms with Gasteiger partial charge in [0.25, 0.3) is 11.8 Å². The van der Waals surface area contributed by atoms with Crippen molar-refractivity contribution in [2.45, 2.75) is 51.1 Å². The lowest BCUT2D eigenvalue weighted by Gasteiger charge is -2.31. The first kappa shape index (κ1) is 24.7. The number of carbonyl (C=O) groups is 1. The van der Waals surface area contributed by atoms with Gasteiger partial charge < -0.3 is 15.2 Å². The number of halogens is 4. The summed E-state index contributed by atoms with van der Waals surface area (Å²) in [6.07, 6.45) is 0.594. The number of benzene rings is 1. The van der Waals surface area contributed by atoms with Crippen molar-refractivity contribution in [1.29, 1.82) is 0 Å². The lowest BCUT2D eigenvalue weighted by molar-refractivity contribution is -0.0495. The molecule has 0 radical (unpaired) electrons. The van der Waals surface area contributed by atoms with Gasteiger partial charge in [0, 0.05) is 67.7 Å². The molecule has 1 unspecified atom stereocenters. The Labute approximate surface area is 188 Å². The summed E-state index contributed by atoms with van der Waals surface area (Å²) in [5.74, 6) is -2.85. The molecule has 0 aliphatic carbocycles. The summed E-state index contributed by atoms with van der Waals surface area (Å²) in [6.45, 7) is 6.78. The molecule has 1 aromatic carbocycles. The summed E-state index contributed by atoms with van der Waals surface area (Å²) < 4.78 is 26.7. The maximum absolute atomic E-state index is 13.3. The second-order valence-electron chi connectivity index (χ2n) is 8.35. The Balaban J connectivity index is 0.00000160. The van der Waals surface area contributed by atoms with Gasteiger partial charge in [-0.05, 0) is 44.5 Å². The van der Waals surface area contributed by atoms with Crippen LogP contribution in [-0.2, 0) is 0 Å². The second kappa shape index (κ2) is 9.71. The van der Waals surface area contributed by atoms with E-state index in [1.165, 1.54) is 4.90 Å². The number of hydrogen-bond donors (Lipinski definition) is 2. The molecule has 3 heterocycles. The van der Waals surface area contributed by atoms with Crippen LogP contribution >= 0.6 is 24.8 Å². The Morgan fingerprint density at radius 2 is 1.87 bits per heavy atom. The van der Waals surface area contributed by atoms with E-state index in [1.807, 2.05) is 24.3 Å². The third-order valence-electron chi connectivity index (χ3n) is 5.95. The molecule has 2 aromatic rings. The van der Waals surface area contributed by atoms with E-state index < -0.39 is 5.92 Å². The third-order valence-corrected chi connectivity index (χ3v) is 5.95. The van der Waals surface area contributed by atoms with Gasteiger partial charge in [0.1, 0.15) is 5.69 Å². The highest BCUT2D eigenvalue weighted by Gasteiger charge is 2.36. The van der Waals surface area contributed by atoms with Crippen LogP contribution in [0.1, 0.15) is 43.6 Å². The van der Waals surface area contributed by atoms with Crippen molar-refractivity contribution in [3.63, 3.8) is 0 Å². The largest absolute Gasteiger partial charge is 0.381 e. The number of rotatable bonds is 4. The SMILES string of the molecule is CC(C)N1CCC(Nc2ccc3[nH]c(C(=O)N4CCC(F)(F)CC4)cc3c2)C1.Cl.Cl. The van der Waals surface area contributed by atoms with Crippen LogP contribution in [0.25, 0.3) is 10.9 Å². The van der Waals surface area contributed by atoms with Crippen LogP contribution in [0.5, 0.6) is 0 Å². The number of amides is 1. The Morgan fingerprint density at radius 3 is 2.50 bits per heavy atom. The summed E-state index contributed by atoms with van der Waals surface area (Å²) in [6, 6.07) is 8.84. The van der Waals surface area contributed by atoms with Gasteiger partial charge in [-0.1, -0.05) is 0 Å². The molecule has 2 saturated heterocycles. The monoisotopic (exact) mass is 462 g/mol. The predicted octanol–water partition coefficient (Wildman–Crippen LogP) is 4.78. The quantitative estimate of drug-likeness (QED) is 0.687. The first-order valence-corrected chi connectivity index (χ1v) is 10.1. The number of likely N-dealkylation sites (tertiary alicyclic amines) is 2. The number of anilines is 1. The van der Waals surface area contributed by atoms with Crippen LogP contribution in [0, 0.1) is 0 Å². The minimum absolute atomic E-state index is 0. The molecule has 0 spiro atoms. The maximum Gasteiger partial charge on any atom is 0.270 e. The van der Waals surface area contributed by atoms with Crippen LogP contribution in [0.15, 0.2) is 24.3 Å². The lowest BCUT2D eigenvalue weighted by Crippen LogP contribution is -2.42. The maximum atomic E-state index is 13.3. The lowest BCUT2D eigenvalue weighted by atomic mass is 10.1. The highest BCUT2D eigenvalue weighted by atomic mass is 35.5. The topological polar surface area (TPSA) is 51.4 Å². The fraction of sp³-hybridized carbons (Fsp3) is 0.571. The van der Waals surface area contributed by atoms with Gasteiger partial charge in [-0.25, -0.2) is 8.78 Å². The molecule has 5 nitrogen and oxygen atoms in total. The van der Waals surface area contributed by atoms with Gasteiger partial charge in [0.05, 0.1) is 0 Å². The molecule has 4 rings (SSSR count). The van der Waals surface area contributed by atoms with E-state index in [2.05, 4.69) is 29.0 Å². The molecule has 2 fully saturated rings. The number of nitrogens with zero attached hydrogens (tertiary/aromatic N) is 2. The smallest absolute Gasteiger partial charge is 0.270 e. The summed E-state index contributed by atoms with van der Waals surface area (Å²) in [4.78, 5) is 19.8. The fourth-order valence-electron chi connectivity index (χ4n) is 4.15. The Kier molecular flexibility index (Phi) is 7.99. The second-order valence-corrected chi connectivity index (χ2v) is 8.35. The van der Waals surface area contributed by atoms with Crippen LogP contribution in [-0.4, -0.2) is 64.9 Å². The molecule has 2 N–H and O–H groups in total. The third kappa shape index (κ3) is 5.37. The Hall–Kier alpha value is -1.57. The molecule has 1 aromatic heterocycles. The number of aromatic nitrogens is 1. The molecule has 2 aliphatic rings. The first-order valence-electron chi connectivity index (χ1n) is 10.1. The molecule has 0 saturated carbocycles. The number of piperidine rings is 1. The zero-order valence-corrected chi connectivity index (χ0v) is 18.9. The van der Waals surface area contributed by atoms with E-state index in [-0.39, 0.29) is 56.7 Å². The minimum atomic E-state index is -2.65. The van der Waals surface area contributed by atoms with Crippen molar-refractivity contribution < 1.29 is 13.6 Å². The zero-order chi connectivity index (χ0) is 19.9. The van der Waals surface area contributed by atoms with Gasteiger partial charge in [0.2, 0.25) is 0 Å². The summed E-state index contributed by atoms with van der Waals surface area (Å²) in [7, 11) is 0. The van der Waals surface area contributed by atoms with Crippen molar-refractivity contribution in [1.82, 2.24) is 14.8 Å². The first-order chi connectivity index (χ1) is 13.3. The van der Waals surface area contributed by atoms with Crippen molar-refractivity contribution in [2.75, 3.05) is 31.5 Å². The number of hydrogen-bond acceptors (Lipinski definition) is 3. The van der Waals surface area contributed by atoms with Gasteiger partial charge in [0.15, 0.2) is 0 Å². The van der Waals surface area contributed by atoms with Gasteiger partial charge in [-0.15, -0.1) is 24.8 Å². The van der Waals surface area contributed by atoms with Crippen molar-refractivity contribution in [2.24, 2.45) is 0 Å². The van der Waals surface area contributed by atoms with Crippen molar-refractivity contribution in [3.05, 3.63) is 30.0 Å². The number of carbonyl (C=O) groups excluding carboxylic acids is 1. The van der Waals surface area contributed by atoms with Gasteiger partial charge in [-0.3, -0.25) is 9.69 Å². The molecular formula is C21H30Cl2F2N4O. The Bertz CT molecular complexity index is 864. The number of H-pyrrole nitrogens is 1. The molecule has 168 valence electrons. The van der Waals surface area contributed by atoms with E-state index in [1.54, 1.807) is 0 Å². The molecule has 0 bridgehead atoms. The highest BCUT2D eigenvalue weighted by Crippen LogP contribution is 2.29. The van der Waals surface area contributed by atoms with Gasteiger partial charge in [-0.2, -0.15) is 0 Å². The summed E-state index contributed by atoms with van der Waals surface area (Å²) in [5, 5.41) is 4.55. The van der Waals surface area contributed by atoms with E-state index in [9.17, 15) is 13.6 Å². The van der Waals surface area contributed by atoms with E-state index in [0.29, 0.717) is 17.8 Å². The number of alkyl halides is 2. The van der Waals surface area contributed by atoms with Crippen LogP contribution in [0.3, 0.4) is 0 Å². The van der Waals surface area contributed by atoms with Gasteiger partial charge >= 0.3 is 0 Å². The zero-order valence-electron chi connectivity index (χ0n) is 17.3. The standard InChI is InChI=1S/C21H28F2N4O.2ClH/c1-14(2)27-8-5-17(13-27)24-16-3-4-18-15(11-16)12-19(25-18)20(28)26-9-6-21(22,23)7-10-26;;/h3-4,11-12,14,17,24-25H,5-10,13H2,1-2H3;2*1H. The van der Waals surface area contributed by atoms with Crippen molar-refractivity contribution in [3.8, 4) is 0 Å². The van der Waals surface area contributed by atoms with Crippen molar-refractivity contribution >= 4 is 47.3 Å². The molecule has 30 heavy (non-hydrogen) atoms. The van der Waals surface area contributed by atoms with E-state index in [0.717, 1.165) is 36.1 Å². The minimum Gasteiger partial charge on any atom is -0.381 e. The van der Waals surface area contributed by atoms with Crippen LogP contribution < -0.4 is 5.32 Å². The predicted molar refractivity (Wildman–Crippen MR) is 122 cm³/mol. The number of aromatic amines is 1. The van der Waals surface area contributed by atoms with E-state index in [4.69, 9.17) is 0 Å². The molecular weight excluding hydrogens is 433 g/mol. The number of nitrogens with one attached hydrogen (secondary N) is 2. The molecule has 1 amide bonds. The fourth-order valence-corrected chi connectivity index (χ4v) is 4.15. The molecule has 2 aliphatic heterocycles. The highest BCUT2D eigenvalue weighted by molar-refractivity contribution is 5.98. The van der Waals surface area contributed by atoms with Crippen LogP contribution in [0.4, 0.5) is 14.5 Å². The molecule has 9 heteroatoms. The molecule has 1 atom stereocenters. The normalized spacial score (nSPS) is 21.4. The van der Waals surface area contributed by atoms with Crippen LogP contribution in [0.2, 0.25) is 0 Å². The summed E-state index contributed by atoms with van der Waals surface area (Å²) in [5.41, 5.74) is 2.38. The average Bonchev–Trinajstić information content (AvgIpc) is 3.28. The summed E-state index contributed by atoms with van der Waals surface area (Å²) >= 11 is 0. The van der Waals surface area contributed by atoms with E-state index >= 15 is 0 Å². The number of fused-ring (bicyclic) bond motifs is 1. The average molecular weight is 463 g/mol.